The number of ether oxygens (including phenoxy) is 1. The molecule has 116 valence electrons. The van der Waals surface area contributed by atoms with Gasteiger partial charge in [-0.05, 0) is 22.0 Å². The molecule has 2 heterocycles. The van der Waals surface area contributed by atoms with E-state index in [1.807, 2.05) is 24.3 Å². The van der Waals surface area contributed by atoms with Crippen molar-refractivity contribution in [2.75, 3.05) is 13.7 Å². The van der Waals surface area contributed by atoms with Gasteiger partial charge in [0.2, 0.25) is 0 Å². The molecule has 7 heteroatoms. The first-order valence-electron chi connectivity index (χ1n) is 6.85. The van der Waals surface area contributed by atoms with Gasteiger partial charge in [-0.2, -0.15) is 0 Å². The predicted molar refractivity (Wildman–Crippen MR) is 83.9 cm³/mol. The van der Waals surface area contributed by atoms with Crippen LogP contribution < -0.4 is 0 Å². The number of nitrogens with one attached hydrogen (secondary N) is 1. The lowest BCUT2D eigenvalue weighted by Crippen LogP contribution is -2.40. The van der Waals surface area contributed by atoms with Crippen LogP contribution in [0.5, 0.6) is 0 Å². The molecule has 1 saturated heterocycles. The summed E-state index contributed by atoms with van der Waals surface area (Å²) in [4.78, 5) is 28.6. The molecule has 3 rings (SSSR count). The molecule has 22 heavy (non-hydrogen) atoms. The first kappa shape index (κ1) is 15.1. The summed E-state index contributed by atoms with van der Waals surface area (Å²) in [6, 6.07) is 6.65. The van der Waals surface area contributed by atoms with Crippen molar-refractivity contribution in [1.82, 2.24) is 9.88 Å². The zero-order valence-corrected chi connectivity index (χ0v) is 13.5. The van der Waals surface area contributed by atoms with Crippen molar-refractivity contribution >= 4 is 38.7 Å². The largest absolute Gasteiger partial charge is 0.480 e. The fraction of sp³-hybridized carbons (Fsp3) is 0.333. The highest BCUT2D eigenvalue weighted by Crippen LogP contribution is 2.30. The van der Waals surface area contributed by atoms with Crippen LogP contribution in [0.3, 0.4) is 0 Å². The van der Waals surface area contributed by atoms with Crippen molar-refractivity contribution in [3.63, 3.8) is 0 Å². The Hall–Kier alpha value is -1.86. The lowest BCUT2D eigenvalue weighted by molar-refractivity contribution is -0.141. The number of carbonyl (C=O) groups is 2. The van der Waals surface area contributed by atoms with Gasteiger partial charge >= 0.3 is 5.97 Å². The number of methoxy groups -OCH3 is 1. The van der Waals surface area contributed by atoms with Crippen LogP contribution >= 0.6 is 15.9 Å². The normalized spacial score (nSPS) is 21.5. The van der Waals surface area contributed by atoms with E-state index in [1.54, 1.807) is 0 Å². The zero-order chi connectivity index (χ0) is 15.9. The molecule has 2 atom stereocenters. The number of nitrogens with zero attached hydrogens (tertiary/aromatic N) is 1. The van der Waals surface area contributed by atoms with Gasteiger partial charge in [-0.15, -0.1) is 0 Å². The summed E-state index contributed by atoms with van der Waals surface area (Å²) in [7, 11) is 1.52. The number of carbonyl (C=O) groups excluding carboxylic acids is 1. The number of aromatic nitrogens is 1. The SMILES string of the molecule is COC1CC(C(=O)O)N(C(=O)c2[nH]c3ccccc3c2Br)C1. The number of benzene rings is 1. The van der Waals surface area contributed by atoms with E-state index in [9.17, 15) is 14.7 Å². The predicted octanol–water partition coefficient (Wildman–Crippen LogP) is 2.24. The van der Waals surface area contributed by atoms with Gasteiger partial charge in [0.1, 0.15) is 11.7 Å². The zero-order valence-electron chi connectivity index (χ0n) is 11.9. The molecule has 2 aromatic rings. The smallest absolute Gasteiger partial charge is 0.326 e. The second kappa shape index (κ2) is 5.73. The third-order valence-corrected chi connectivity index (χ3v) is 4.82. The van der Waals surface area contributed by atoms with E-state index >= 15 is 0 Å². The number of hydrogen-bond donors (Lipinski definition) is 2. The summed E-state index contributed by atoms with van der Waals surface area (Å²) in [5, 5.41) is 10.2. The molecule has 2 N–H and O–H groups in total. The number of aliphatic carboxylic acids is 1. The van der Waals surface area contributed by atoms with Crippen LogP contribution in [0.1, 0.15) is 16.9 Å². The number of aromatic amines is 1. The maximum atomic E-state index is 12.8. The second-order valence-electron chi connectivity index (χ2n) is 5.26. The van der Waals surface area contributed by atoms with Gasteiger partial charge in [0, 0.05) is 31.0 Å². The van der Waals surface area contributed by atoms with Crippen LogP contribution in [0.15, 0.2) is 28.7 Å². The van der Waals surface area contributed by atoms with Gasteiger partial charge in [-0.3, -0.25) is 4.79 Å². The molecule has 0 radical (unpaired) electrons. The number of carboxylic acids is 1. The van der Waals surface area contributed by atoms with Crippen molar-refractivity contribution in [3.8, 4) is 0 Å². The minimum atomic E-state index is -1.01. The van der Waals surface area contributed by atoms with E-state index in [-0.39, 0.29) is 18.6 Å². The number of para-hydroxylation sites is 1. The van der Waals surface area contributed by atoms with Crippen molar-refractivity contribution in [2.24, 2.45) is 0 Å². The Kier molecular flexibility index (Phi) is 3.92. The van der Waals surface area contributed by atoms with Gasteiger partial charge in [0.25, 0.3) is 5.91 Å². The number of hydrogen-bond acceptors (Lipinski definition) is 3. The molecule has 0 saturated carbocycles. The van der Waals surface area contributed by atoms with Gasteiger partial charge in [-0.1, -0.05) is 18.2 Å². The van der Waals surface area contributed by atoms with Crippen molar-refractivity contribution in [1.29, 1.82) is 0 Å². The molecular formula is C15H15BrN2O4. The summed E-state index contributed by atoms with van der Waals surface area (Å²) in [6.07, 6.45) is 0.0447. The average molecular weight is 367 g/mol. The van der Waals surface area contributed by atoms with E-state index in [0.29, 0.717) is 16.6 Å². The first-order chi connectivity index (χ1) is 10.5. The minimum absolute atomic E-state index is 0.256. The number of amides is 1. The van der Waals surface area contributed by atoms with Crippen LogP contribution in [0.2, 0.25) is 0 Å². The highest BCUT2D eigenvalue weighted by atomic mass is 79.9. The third kappa shape index (κ3) is 2.40. The van der Waals surface area contributed by atoms with E-state index in [1.165, 1.54) is 12.0 Å². The van der Waals surface area contributed by atoms with Gasteiger partial charge in [0.15, 0.2) is 0 Å². The molecule has 1 fully saturated rings. The Morgan fingerprint density at radius 1 is 1.41 bits per heavy atom. The molecule has 1 aliphatic rings. The minimum Gasteiger partial charge on any atom is -0.480 e. The third-order valence-electron chi connectivity index (χ3n) is 4.00. The van der Waals surface area contributed by atoms with E-state index in [2.05, 4.69) is 20.9 Å². The summed E-state index contributed by atoms with van der Waals surface area (Å²) in [5.41, 5.74) is 1.19. The topological polar surface area (TPSA) is 82.6 Å². The first-order valence-corrected chi connectivity index (χ1v) is 7.65. The monoisotopic (exact) mass is 366 g/mol. The van der Waals surface area contributed by atoms with E-state index in [0.717, 1.165) is 10.9 Å². The van der Waals surface area contributed by atoms with Crippen LogP contribution in [0, 0.1) is 0 Å². The lowest BCUT2D eigenvalue weighted by atomic mass is 10.2. The standard InChI is InChI=1S/C15H15BrN2O4/c1-22-8-6-11(15(20)21)18(7-8)14(19)13-12(16)9-4-2-3-5-10(9)17-13/h2-5,8,11,17H,6-7H2,1H3,(H,20,21). The van der Waals surface area contributed by atoms with Crippen LogP contribution in [-0.4, -0.2) is 52.7 Å². The fourth-order valence-electron chi connectivity index (χ4n) is 2.83. The number of carboxylic acid groups (broad SMARTS) is 1. The van der Waals surface area contributed by atoms with Crippen molar-refractivity contribution in [3.05, 3.63) is 34.4 Å². The molecule has 1 aromatic heterocycles. The molecule has 2 unspecified atom stereocenters. The highest BCUT2D eigenvalue weighted by Gasteiger charge is 2.41. The average Bonchev–Trinajstić information content (AvgIpc) is 3.09. The Balaban J connectivity index is 1.98. The number of rotatable bonds is 3. The Morgan fingerprint density at radius 2 is 2.14 bits per heavy atom. The number of fused-ring (bicyclic) bond motifs is 1. The highest BCUT2D eigenvalue weighted by molar-refractivity contribution is 9.10. The summed E-state index contributed by atoms with van der Waals surface area (Å²) in [6.45, 7) is 0.272. The van der Waals surface area contributed by atoms with Gasteiger partial charge < -0.3 is 19.7 Å². The molecule has 0 aliphatic carbocycles. The van der Waals surface area contributed by atoms with Crippen molar-refractivity contribution < 1.29 is 19.4 Å². The quantitative estimate of drug-likeness (QED) is 0.872. The molecule has 1 aliphatic heterocycles. The number of halogens is 1. The van der Waals surface area contributed by atoms with Crippen molar-refractivity contribution in [2.45, 2.75) is 18.6 Å². The van der Waals surface area contributed by atoms with Crippen LogP contribution in [-0.2, 0) is 9.53 Å². The maximum absolute atomic E-state index is 12.8. The lowest BCUT2D eigenvalue weighted by Gasteiger charge is -2.20. The number of H-pyrrole nitrogens is 1. The molecule has 0 spiro atoms. The Morgan fingerprint density at radius 3 is 2.77 bits per heavy atom. The van der Waals surface area contributed by atoms with Gasteiger partial charge in [0.05, 0.1) is 10.6 Å². The van der Waals surface area contributed by atoms with Crippen LogP contribution in [0.25, 0.3) is 10.9 Å². The Labute approximate surface area is 135 Å². The molecule has 1 aromatic carbocycles. The van der Waals surface area contributed by atoms with Gasteiger partial charge in [-0.25, -0.2) is 4.79 Å². The number of likely N-dealkylation sites (tertiary alicyclic amines) is 1. The fourth-order valence-corrected chi connectivity index (χ4v) is 3.44. The molecular weight excluding hydrogens is 352 g/mol. The summed E-state index contributed by atoms with van der Waals surface area (Å²) < 4.78 is 5.87. The van der Waals surface area contributed by atoms with E-state index in [4.69, 9.17) is 4.74 Å². The Bertz CT molecular complexity index is 742. The maximum Gasteiger partial charge on any atom is 0.326 e. The summed E-state index contributed by atoms with van der Waals surface area (Å²) in [5.74, 6) is -1.35. The van der Waals surface area contributed by atoms with E-state index < -0.39 is 12.0 Å². The molecule has 0 bridgehead atoms. The molecule has 6 nitrogen and oxygen atoms in total. The molecule has 1 amide bonds. The summed E-state index contributed by atoms with van der Waals surface area (Å²) >= 11 is 3.43. The second-order valence-corrected chi connectivity index (χ2v) is 6.06. The van der Waals surface area contributed by atoms with Crippen LogP contribution in [0.4, 0.5) is 0 Å².